The van der Waals surface area contributed by atoms with E-state index >= 15 is 0 Å². The molecule has 0 aliphatic carbocycles. The molecular formula is C18H22N2O7S. The fourth-order valence-corrected chi connectivity index (χ4v) is 3.31. The van der Waals surface area contributed by atoms with E-state index in [-0.39, 0.29) is 24.2 Å². The van der Waals surface area contributed by atoms with Crippen LogP contribution >= 0.6 is 12.6 Å². The predicted molar refractivity (Wildman–Crippen MR) is 103 cm³/mol. The number of carbonyl (C=O) groups excluding carboxylic acids is 2. The smallest absolute Gasteiger partial charge is 0.410 e. The van der Waals surface area contributed by atoms with Crippen molar-refractivity contribution in [3.05, 3.63) is 52.6 Å². The van der Waals surface area contributed by atoms with Crippen molar-refractivity contribution in [3.8, 4) is 0 Å². The Hall–Kier alpha value is -2.59. The van der Waals surface area contributed by atoms with Gasteiger partial charge in [0.25, 0.3) is 5.69 Å². The minimum atomic E-state index is -0.968. The van der Waals surface area contributed by atoms with Gasteiger partial charge in [0.15, 0.2) is 6.10 Å². The molecule has 0 radical (unpaired) electrons. The van der Waals surface area contributed by atoms with Crippen LogP contribution in [0.4, 0.5) is 10.5 Å². The summed E-state index contributed by atoms with van der Waals surface area (Å²) in [6.07, 6.45) is 0.288. The topological polar surface area (TPSA) is 108 Å². The van der Waals surface area contributed by atoms with Crippen LogP contribution in [-0.2, 0) is 25.6 Å². The van der Waals surface area contributed by atoms with E-state index in [9.17, 15) is 19.7 Å². The molecule has 10 heteroatoms. The molecule has 152 valence electrons. The van der Waals surface area contributed by atoms with Crippen LogP contribution in [-0.4, -0.2) is 59.5 Å². The molecule has 9 nitrogen and oxygen atoms in total. The van der Waals surface area contributed by atoms with Gasteiger partial charge in [-0.3, -0.25) is 10.1 Å². The van der Waals surface area contributed by atoms with Crippen molar-refractivity contribution in [2.75, 3.05) is 20.3 Å². The lowest BCUT2D eigenvalue weighted by Crippen LogP contribution is -2.47. The molecule has 1 amide bonds. The van der Waals surface area contributed by atoms with Gasteiger partial charge < -0.3 is 19.1 Å². The van der Waals surface area contributed by atoms with E-state index in [0.717, 1.165) is 0 Å². The molecule has 1 aromatic carbocycles. The summed E-state index contributed by atoms with van der Waals surface area (Å²) in [6.45, 7) is 3.76. The largest absolute Gasteiger partial charge is 0.459 e. The van der Waals surface area contributed by atoms with Crippen molar-refractivity contribution in [2.45, 2.75) is 30.4 Å². The van der Waals surface area contributed by atoms with Gasteiger partial charge in [0.2, 0.25) is 0 Å². The van der Waals surface area contributed by atoms with E-state index in [0.29, 0.717) is 18.5 Å². The number of ether oxygens (including phenoxy) is 3. The zero-order chi connectivity index (χ0) is 20.7. The first-order valence-corrected chi connectivity index (χ1v) is 9.04. The zero-order valence-corrected chi connectivity index (χ0v) is 16.2. The van der Waals surface area contributed by atoms with Gasteiger partial charge in [0.1, 0.15) is 13.2 Å². The second kappa shape index (κ2) is 10.1. The molecule has 0 N–H and O–H groups in total. The Kier molecular flexibility index (Phi) is 7.82. The van der Waals surface area contributed by atoms with E-state index in [1.165, 1.54) is 42.4 Å². The maximum absolute atomic E-state index is 12.5. The molecule has 1 fully saturated rings. The van der Waals surface area contributed by atoms with Crippen LogP contribution in [0.2, 0.25) is 0 Å². The second-order valence-electron chi connectivity index (χ2n) is 6.16. The summed E-state index contributed by atoms with van der Waals surface area (Å²) in [4.78, 5) is 36.3. The summed E-state index contributed by atoms with van der Waals surface area (Å²) in [5.74, 6) is -0.594. The molecule has 0 aromatic heterocycles. The Morgan fingerprint density at radius 2 is 2.07 bits per heavy atom. The molecule has 3 atom stereocenters. The number of non-ortho nitro benzene ring substituents is 1. The normalized spacial score (nSPS) is 19.7. The van der Waals surface area contributed by atoms with E-state index in [1.54, 1.807) is 0 Å². The Labute approximate surface area is 167 Å². The van der Waals surface area contributed by atoms with Crippen LogP contribution in [0.25, 0.3) is 0 Å². The van der Waals surface area contributed by atoms with Gasteiger partial charge in [-0.05, 0) is 24.1 Å². The summed E-state index contributed by atoms with van der Waals surface area (Å²) in [6, 6.07) is 5.12. The number of nitro groups is 1. The summed E-state index contributed by atoms with van der Waals surface area (Å²) in [5.41, 5.74) is 0.555. The number of hydrogen-bond donors (Lipinski definition) is 1. The zero-order valence-electron chi connectivity index (χ0n) is 15.4. The lowest BCUT2D eigenvalue weighted by molar-refractivity contribution is -0.384. The molecule has 0 saturated carbocycles. The summed E-state index contributed by atoms with van der Waals surface area (Å²) < 4.78 is 15.6. The molecule has 28 heavy (non-hydrogen) atoms. The third-order valence-electron chi connectivity index (χ3n) is 4.24. The van der Waals surface area contributed by atoms with Crippen LogP contribution in [0.3, 0.4) is 0 Å². The van der Waals surface area contributed by atoms with Crippen LogP contribution in [0.5, 0.6) is 0 Å². The maximum atomic E-state index is 12.5. The third-order valence-corrected chi connectivity index (χ3v) is 4.62. The van der Waals surface area contributed by atoms with Gasteiger partial charge in [-0.1, -0.05) is 12.7 Å². The average molecular weight is 410 g/mol. The highest BCUT2D eigenvalue weighted by Gasteiger charge is 2.43. The Bertz CT molecular complexity index is 725. The number of amides is 1. The number of carbonyl (C=O) groups is 2. The second-order valence-corrected chi connectivity index (χ2v) is 6.89. The highest BCUT2D eigenvalue weighted by atomic mass is 32.1. The fourth-order valence-electron chi connectivity index (χ4n) is 2.92. The molecule has 0 bridgehead atoms. The molecule has 1 aliphatic rings. The Morgan fingerprint density at radius 1 is 1.39 bits per heavy atom. The van der Waals surface area contributed by atoms with Crippen molar-refractivity contribution in [2.24, 2.45) is 0 Å². The van der Waals surface area contributed by atoms with Crippen molar-refractivity contribution in [1.29, 1.82) is 0 Å². The first-order valence-electron chi connectivity index (χ1n) is 8.52. The summed E-state index contributed by atoms with van der Waals surface area (Å²) in [5, 5.41) is 10.5. The third kappa shape index (κ3) is 5.46. The number of nitro benzene ring substituents is 1. The molecule has 0 spiro atoms. The maximum Gasteiger partial charge on any atom is 0.410 e. The number of thiol groups is 1. The Morgan fingerprint density at radius 3 is 2.64 bits per heavy atom. The van der Waals surface area contributed by atoms with E-state index in [2.05, 4.69) is 19.2 Å². The van der Waals surface area contributed by atoms with Crippen LogP contribution in [0.1, 0.15) is 12.0 Å². The minimum absolute atomic E-state index is 0.0420. The molecule has 1 unspecified atom stereocenters. The van der Waals surface area contributed by atoms with Crippen LogP contribution in [0.15, 0.2) is 36.9 Å². The van der Waals surface area contributed by atoms with Crippen LogP contribution < -0.4 is 0 Å². The number of nitrogens with zero attached hydrogens (tertiary/aromatic N) is 2. The van der Waals surface area contributed by atoms with Crippen molar-refractivity contribution in [1.82, 2.24) is 4.90 Å². The molecular weight excluding hydrogens is 388 g/mol. The molecule has 1 aromatic rings. The lowest BCUT2D eigenvalue weighted by atomic mass is 10.1. The van der Waals surface area contributed by atoms with Gasteiger partial charge in [0, 0.05) is 31.0 Å². The quantitative estimate of drug-likeness (QED) is 0.230. The van der Waals surface area contributed by atoms with Crippen molar-refractivity contribution in [3.63, 3.8) is 0 Å². The van der Waals surface area contributed by atoms with Crippen LogP contribution in [0, 0.1) is 10.1 Å². The highest BCUT2D eigenvalue weighted by Crippen LogP contribution is 2.27. The van der Waals surface area contributed by atoms with Crippen molar-refractivity contribution < 1.29 is 28.7 Å². The molecule has 2 rings (SSSR count). The van der Waals surface area contributed by atoms with Gasteiger partial charge >= 0.3 is 12.1 Å². The molecule has 1 heterocycles. The predicted octanol–water partition coefficient (Wildman–Crippen LogP) is 2.35. The van der Waals surface area contributed by atoms with E-state index in [1.807, 2.05) is 0 Å². The standard InChI is InChI=1S/C18H22N2O7S/c1-3-8-26-17(21)16(25-2)15-9-14(28)10-19(15)18(22)27-11-12-4-6-13(7-5-12)20(23)24/h3-7,14-16,28H,1,8-11H2,2H3/t14-,15-,16?/m0/s1. The minimum Gasteiger partial charge on any atom is -0.459 e. The monoisotopic (exact) mass is 410 g/mol. The average Bonchev–Trinajstić information content (AvgIpc) is 3.06. The number of methoxy groups -OCH3 is 1. The number of likely N-dealkylation sites (tertiary alicyclic amines) is 1. The van der Waals surface area contributed by atoms with Crippen molar-refractivity contribution >= 4 is 30.4 Å². The highest BCUT2D eigenvalue weighted by molar-refractivity contribution is 7.81. The van der Waals surface area contributed by atoms with E-state index < -0.39 is 29.1 Å². The number of benzene rings is 1. The van der Waals surface area contributed by atoms with Gasteiger partial charge in [-0.25, -0.2) is 9.59 Å². The SMILES string of the molecule is C=CCOC(=O)C(OC)[C@@H]1C[C@H](S)CN1C(=O)OCc1ccc([N+](=O)[O-])cc1. The fraction of sp³-hybridized carbons (Fsp3) is 0.444. The summed E-state index contributed by atoms with van der Waals surface area (Å²) in [7, 11) is 1.37. The van der Waals surface area contributed by atoms with Gasteiger partial charge in [-0.15, -0.1) is 0 Å². The Balaban J connectivity index is 2.01. The summed E-state index contributed by atoms with van der Waals surface area (Å²) >= 11 is 4.41. The number of rotatable bonds is 8. The molecule has 1 aliphatic heterocycles. The van der Waals surface area contributed by atoms with E-state index in [4.69, 9.17) is 14.2 Å². The molecule has 1 saturated heterocycles. The number of hydrogen-bond acceptors (Lipinski definition) is 8. The first-order chi connectivity index (χ1) is 13.4. The number of esters is 1. The van der Waals surface area contributed by atoms with Gasteiger partial charge in [-0.2, -0.15) is 12.6 Å². The first kappa shape index (κ1) is 21.7. The van der Waals surface area contributed by atoms with Gasteiger partial charge in [0.05, 0.1) is 11.0 Å². The lowest BCUT2D eigenvalue weighted by Gasteiger charge is -2.28.